The van der Waals surface area contributed by atoms with Crippen molar-refractivity contribution in [2.45, 2.75) is 47.0 Å². The van der Waals surface area contributed by atoms with E-state index in [0.717, 1.165) is 42.3 Å². The largest absolute Gasteiger partial charge is 0.293 e. The second kappa shape index (κ2) is 12.1. The molecule has 0 bridgehead atoms. The first-order valence-electron chi connectivity index (χ1n) is 8.19. The Balaban J connectivity index is 3.72. The molecule has 0 aromatic rings. The Kier molecular flexibility index (Phi) is 11.4. The van der Waals surface area contributed by atoms with Gasteiger partial charge in [-0.15, -0.1) is 0 Å². The fraction of sp³-hybridized carbons (Fsp3) is 0.765. The lowest BCUT2D eigenvalue weighted by atomic mass is 9.89. The Bertz CT molecular complexity index is 476. The summed E-state index contributed by atoms with van der Waals surface area (Å²) < 4.78 is 0. The predicted molar refractivity (Wildman–Crippen MR) is 105 cm³/mol. The summed E-state index contributed by atoms with van der Waals surface area (Å²) in [4.78, 5) is 26.3. The molecule has 25 heavy (non-hydrogen) atoms. The van der Waals surface area contributed by atoms with E-state index in [9.17, 15) is 9.59 Å². The maximum absolute atomic E-state index is 11.7. The minimum absolute atomic E-state index is 0.221. The van der Waals surface area contributed by atoms with Gasteiger partial charge in [0.05, 0.1) is 5.41 Å². The molecule has 6 nitrogen and oxygen atoms in total. The molecule has 0 aromatic carbocycles. The first-order chi connectivity index (χ1) is 11.7. The van der Waals surface area contributed by atoms with Crippen LogP contribution in [0.25, 0.3) is 4.95 Å². The number of amides is 2. The highest BCUT2D eigenvalue weighted by Crippen LogP contribution is 2.25. The van der Waals surface area contributed by atoms with Gasteiger partial charge in [-0.05, 0) is 42.3 Å². The molecular weight excluding hydrogens is 356 g/mol. The summed E-state index contributed by atoms with van der Waals surface area (Å²) in [5.74, 6) is 3.40. The minimum Gasteiger partial charge on any atom is -0.273 e. The van der Waals surface area contributed by atoms with Crippen LogP contribution in [0.4, 0.5) is 0 Å². The number of thioether (sulfide) groups is 2. The normalized spacial score (nSPS) is 11.3. The maximum Gasteiger partial charge on any atom is 0.293 e. The highest BCUT2D eigenvalue weighted by molar-refractivity contribution is 8.00. The quantitative estimate of drug-likeness (QED) is 0.177. The number of nitriles is 1. The zero-order valence-corrected chi connectivity index (χ0v) is 17.1. The summed E-state index contributed by atoms with van der Waals surface area (Å²) >= 11 is 3.64. The van der Waals surface area contributed by atoms with Crippen LogP contribution in [0.5, 0.6) is 0 Å². The molecule has 0 radical (unpaired) electrons. The predicted octanol–water partition coefficient (Wildman–Crippen LogP) is 3.22. The van der Waals surface area contributed by atoms with Gasteiger partial charge in [0.1, 0.15) is 0 Å². The SMILES string of the molecule is [C-]#[N+]NC(=O)C(C)(C)CCSCCCSCCC(C)(C)C(=O)NC#N. The molecule has 0 rings (SSSR count). The molecule has 2 N–H and O–H groups in total. The first-order valence-corrected chi connectivity index (χ1v) is 10.5. The highest BCUT2D eigenvalue weighted by atomic mass is 32.2. The number of rotatable bonds is 12. The monoisotopic (exact) mass is 384 g/mol. The van der Waals surface area contributed by atoms with E-state index in [0.29, 0.717) is 0 Å². The van der Waals surface area contributed by atoms with Crippen molar-refractivity contribution in [1.29, 1.82) is 5.26 Å². The summed E-state index contributed by atoms with van der Waals surface area (Å²) in [6.45, 7) is 14.1. The first kappa shape index (κ1) is 23.6. The summed E-state index contributed by atoms with van der Waals surface area (Å²) in [5.41, 5.74) is 1.15. The molecule has 0 heterocycles. The van der Waals surface area contributed by atoms with Crippen molar-refractivity contribution in [3.05, 3.63) is 11.5 Å². The van der Waals surface area contributed by atoms with Gasteiger partial charge < -0.3 is 0 Å². The lowest BCUT2D eigenvalue weighted by Crippen LogP contribution is -2.34. The van der Waals surface area contributed by atoms with Gasteiger partial charge in [0.25, 0.3) is 5.91 Å². The van der Waals surface area contributed by atoms with Crippen LogP contribution in [-0.2, 0) is 9.59 Å². The summed E-state index contributed by atoms with van der Waals surface area (Å²) in [6, 6.07) is 0. The number of nitrogens with one attached hydrogen (secondary N) is 2. The molecule has 140 valence electrons. The number of hydrogen-bond donors (Lipinski definition) is 2. The van der Waals surface area contributed by atoms with Crippen molar-refractivity contribution in [1.82, 2.24) is 10.7 Å². The van der Waals surface area contributed by atoms with E-state index in [1.807, 2.05) is 51.2 Å². The summed E-state index contributed by atoms with van der Waals surface area (Å²) in [6.07, 6.45) is 4.24. The molecule has 8 heteroatoms. The Labute approximate surface area is 159 Å². The molecule has 0 aromatic heterocycles. The number of carbonyl (C=O) groups is 2. The van der Waals surface area contributed by atoms with Gasteiger partial charge in [0, 0.05) is 5.41 Å². The zero-order chi connectivity index (χ0) is 19.3. The summed E-state index contributed by atoms with van der Waals surface area (Å²) in [5, 5.41) is 10.7. The Hall–Kier alpha value is -1.38. The average molecular weight is 385 g/mol. The molecule has 0 saturated heterocycles. The fourth-order valence-electron chi connectivity index (χ4n) is 1.77. The molecule has 0 unspecified atom stereocenters. The second-order valence-corrected chi connectivity index (χ2v) is 9.41. The van der Waals surface area contributed by atoms with E-state index in [2.05, 4.69) is 15.7 Å². The molecule has 0 atom stereocenters. The fourth-order valence-corrected chi connectivity index (χ4v) is 4.37. The standard InChI is InChI=1S/C17H28N4O2S2/c1-16(2,14(22)20-13-18)7-11-24-9-6-10-25-12-8-17(3,4)15(23)21-19-5/h6-12H2,1-4H3,(H,20,22)(H,21,23). The van der Waals surface area contributed by atoms with Gasteiger partial charge >= 0.3 is 0 Å². The Morgan fingerprint density at radius 2 is 1.48 bits per heavy atom. The van der Waals surface area contributed by atoms with Crippen LogP contribution >= 0.6 is 23.5 Å². The third kappa shape index (κ3) is 10.3. The number of hydrogen-bond acceptors (Lipinski definition) is 5. The third-order valence-corrected chi connectivity index (χ3v) is 6.02. The van der Waals surface area contributed by atoms with Gasteiger partial charge in [-0.25, -0.2) is 0 Å². The molecule has 0 spiro atoms. The molecule has 0 aliphatic heterocycles. The van der Waals surface area contributed by atoms with Gasteiger partial charge in [0.15, 0.2) is 6.19 Å². The molecule has 0 saturated carbocycles. The van der Waals surface area contributed by atoms with Gasteiger partial charge in [-0.2, -0.15) is 40.3 Å². The van der Waals surface area contributed by atoms with E-state index in [1.165, 1.54) is 0 Å². The van der Waals surface area contributed by atoms with E-state index in [4.69, 9.17) is 11.8 Å². The highest BCUT2D eigenvalue weighted by Gasteiger charge is 2.29. The lowest BCUT2D eigenvalue weighted by molar-refractivity contribution is -0.129. The lowest BCUT2D eigenvalue weighted by Gasteiger charge is -2.21. The van der Waals surface area contributed by atoms with Gasteiger partial charge in [0.2, 0.25) is 5.91 Å². The van der Waals surface area contributed by atoms with Crippen LogP contribution in [0, 0.1) is 28.9 Å². The minimum atomic E-state index is -0.519. The Morgan fingerprint density at radius 1 is 1.00 bits per heavy atom. The van der Waals surface area contributed by atoms with Crippen molar-refractivity contribution in [3.8, 4) is 6.19 Å². The van der Waals surface area contributed by atoms with Crippen molar-refractivity contribution in [2.75, 3.05) is 23.0 Å². The zero-order valence-electron chi connectivity index (χ0n) is 15.5. The van der Waals surface area contributed by atoms with E-state index in [1.54, 1.807) is 6.19 Å². The van der Waals surface area contributed by atoms with Crippen molar-refractivity contribution < 1.29 is 9.59 Å². The van der Waals surface area contributed by atoms with Crippen molar-refractivity contribution in [2.24, 2.45) is 10.8 Å². The smallest absolute Gasteiger partial charge is 0.273 e. The van der Waals surface area contributed by atoms with Crippen LogP contribution in [0.15, 0.2) is 0 Å². The van der Waals surface area contributed by atoms with Gasteiger partial charge in [-0.1, -0.05) is 33.1 Å². The van der Waals surface area contributed by atoms with Crippen LogP contribution in [0.3, 0.4) is 0 Å². The molecule has 2 amide bonds. The van der Waals surface area contributed by atoms with Crippen LogP contribution in [0.2, 0.25) is 0 Å². The topological polar surface area (TPSA) is 86.3 Å². The number of carbonyl (C=O) groups excluding carboxylic acids is 2. The molecule has 0 fully saturated rings. The van der Waals surface area contributed by atoms with Gasteiger partial charge in [-0.3, -0.25) is 14.9 Å². The Morgan fingerprint density at radius 3 is 1.92 bits per heavy atom. The summed E-state index contributed by atoms with van der Waals surface area (Å²) in [7, 11) is 0. The van der Waals surface area contributed by atoms with E-state index in [-0.39, 0.29) is 11.8 Å². The van der Waals surface area contributed by atoms with Crippen molar-refractivity contribution >= 4 is 35.3 Å². The van der Waals surface area contributed by atoms with Crippen LogP contribution in [0.1, 0.15) is 47.0 Å². The third-order valence-electron chi connectivity index (χ3n) is 3.88. The number of nitrogens with zero attached hydrogens (tertiary/aromatic N) is 2. The second-order valence-electron chi connectivity index (χ2n) is 6.96. The van der Waals surface area contributed by atoms with E-state index >= 15 is 0 Å². The average Bonchev–Trinajstić information content (AvgIpc) is 2.53. The van der Waals surface area contributed by atoms with E-state index < -0.39 is 10.8 Å². The van der Waals surface area contributed by atoms with Crippen molar-refractivity contribution in [3.63, 3.8) is 0 Å². The van der Waals surface area contributed by atoms with Crippen LogP contribution < -0.4 is 10.7 Å². The molecule has 0 aliphatic carbocycles. The maximum atomic E-state index is 11.7. The molecule has 0 aliphatic rings. The molecular formula is C17H28N4O2S2. The van der Waals surface area contributed by atoms with Crippen LogP contribution in [-0.4, -0.2) is 34.8 Å².